The average molecular weight is 364 g/mol. The largest absolute Gasteiger partial charge is 0.462 e. The van der Waals surface area contributed by atoms with Gasteiger partial charge in [0.05, 0.1) is 29.2 Å². The van der Waals surface area contributed by atoms with Crippen LogP contribution in [0, 0.1) is 13.8 Å². The molecule has 138 valence electrons. The van der Waals surface area contributed by atoms with Crippen LogP contribution in [0.2, 0.25) is 0 Å². The van der Waals surface area contributed by atoms with Gasteiger partial charge in [-0.2, -0.15) is 0 Å². The number of para-hydroxylation sites is 1. The number of esters is 1. The van der Waals surface area contributed by atoms with Crippen molar-refractivity contribution in [1.29, 1.82) is 0 Å². The lowest BCUT2D eigenvalue weighted by molar-refractivity contribution is 0.0527. The molecule has 27 heavy (non-hydrogen) atoms. The SMILES string of the molecule is CCOC(=O)c1ccccc1NC(=O)c1nnn(-c2ccc(C)cc2)c1C. The Morgan fingerprint density at radius 1 is 1.07 bits per heavy atom. The van der Waals surface area contributed by atoms with Crippen molar-refractivity contribution < 1.29 is 14.3 Å². The standard InChI is InChI=1S/C20H20N4O3/c1-4-27-20(26)16-7-5-6-8-17(16)21-19(25)18-14(3)24(23-22-18)15-11-9-13(2)10-12-15/h5-12H,4H2,1-3H3,(H,21,25). The van der Waals surface area contributed by atoms with Crippen LogP contribution in [-0.4, -0.2) is 33.5 Å². The summed E-state index contributed by atoms with van der Waals surface area (Å²) in [6.07, 6.45) is 0. The van der Waals surface area contributed by atoms with Gasteiger partial charge in [-0.25, -0.2) is 9.48 Å². The van der Waals surface area contributed by atoms with E-state index < -0.39 is 11.9 Å². The van der Waals surface area contributed by atoms with E-state index in [0.717, 1.165) is 11.3 Å². The quantitative estimate of drug-likeness (QED) is 0.702. The minimum Gasteiger partial charge on any atom is -0.462 e. The Morgan fingerprint density at radius 2 is 1.78 bits per heavy atom. The maximum Gasteiger partial charge on any atom is 0.340 e. The highest BCUT2D eigenvalue weighted by molar-refractivity contribution is 6.07. The van der Waals surface area contributed by atoms with Gasteiger partial charge in [0, 0.05) is 0 Å². The molecule has 1 amide bonds. The number of benzene rings is 2. The zero-order valence-corrected chi connectivity index (χ0v) is 15.4. The normalized spacial score (nSPS) is 10.5. The van der Waals surface area contributed by atoms with Gasteiger partial charge in [-0.1, -0.05) is 35.0 Å². The molecule has 2 aromatic carbocycles. The number of nitrogens with zero attached hydrogens (tertiary/aromatic N) is 3. The van der Waals surface area contributed by atoms with E-state index in [4.69, 9.17) is 4.74 Å². The van der Waals surface area contributed by atoms with Crippen LogP contribution in [0.4, 0.5) is 5.69 Å². The second kappa shape index (κ2) is 7.82. The predicted octanol–water partition coefficient (Wildman–Crippen LogP) is 3.31. The second-order valence-corrected chi connectivity index (χ2v) is 5.99. The number of hydrogen-bond donors (Lipinski definition) is 1. The molecule has 7 nitrogen and oxygen atoms in total. The molecule has 0 spiro atoms. The first-order chi connectivity index (χ1) is 13.0. The maximum absolute atomic E-state index is 12.7. The third-order valence-corrected chi connectivity index (χ3v) is 4.06. The molecule has 0 atom stereocenters. The molecule has 0 aliphatic heterocycles. The third kappa shape index (κ3) is 3.87. The van der Waals surface area contributed by atoms with E-state index in [1.165, 1.54) is 0 Å². The van der Waals surface area contributed by atoms with Gasteiger partial charge in [-0.05, 0) is 45.0 Å². The summed E-state index contributed by atoms with van der Waals surface area (Å²) in [5.41, 5.74) is 3.39. The molecule has 0 bridgehead atoms. The Balaban J connectivity index is 1.86. The molecule has 0 aliphatic carbocycles. The van der Waals surface area contributed by atoms with Gasteiger partial charge in [0.2, 0.25) is 0 Å². The molecular formula is C20H20N4O3. The number of aryl methyl sites for hydroxylation is 1. The van der Waals surface area contributed by atoms with E-state index in [9.17, 15) is 9.59 Å². The molecule has 1 aromatic heterocycles. The fraction of sp³-hybridized carbons (Fsp3) is 0.200. The number of amides is 1. The average Bonchev–Trinajstić information content (AvgIpc) is 3.04. The van der Waals surface area contributed by atoms with Crippen LogP contribution in [0.5, 0.6) is 0 Å². The minimum absolute atomic E-state index is 0.189. The molecule has 0 saturated carbocycles. The first kappa shape index (κ1) is 18.3. The first-order valence-corrected chi connectivity index (χ1v) is 8.58. The molecule has 7 heteroatoms. The van der Waals surface area contributed by atoms with Gasteiger partial charge in [0.1, 0.15) is 0 Å². The Morgan fingerprint density at radius 3 is 2.48 bits per heavy atom. The first-order valence-electron chi connectivity index (χ1n) is 8.58. The summed E-state index contributed by atoms with van der Waals surface area (Å²) in [5.74, 6) is -0.934. The van der Waals surface area contributed by atoms with Crippen LogP contribution < -0.4 is 5.32 Å². The Kier molecular flexibility index (Phi) is 5.30. The number of carbonyl (C=O) groups excluding carboxylic acids is 2. The Labute approximate surface area is 157 Å². The zero-order valence-electron chi connectivity index (χ0n) is 15.4. The van der Waals surface area contributed by atoms with Gasteiger partial charge in [0.15, 0.2) is 5.69 Å². The van der Waals surface area contributed by atoms with Gasteiger partial charge < -0.3 is 10.1 Å². The van der Waals surface area contributed by atoms with E-state index in [1.807, 2.05) is 31.2 Å². The Bertz CT molecular complexity index is 977. The molecule has 3 aromatic rings. The van der Waals surface area contributed by atoms with Crippen molar-refractivity contribution >= 4 is 17.6 Å². The monoisotopic (exact) mass is 364 g/mol. The predicted molar refractivity (Wildman–Crippen MR) is 101 cm³/mol. The van der Waals surface area contributed by atoms with Gasteiger partial charge >= 0.3 is 5.97 Å². The van der Waals surface area contributed by atoms with E-state index in [-0.39, 0.29) is 17.9 Å². The second-order valence-electron chi connectivity index (χ2n) is 5.99. The van der Waals surface area contributed by atoms with E-state index in [0.29, 0.717) is 11.4 Å². The highest BCUT2D eigenvalue weighted by atomic mass is 16.5. The maximum atomic E-state index is 12.7. The smallest absolute Gasteiger partial charge is 0.340 e. The van der Waals surface area contributed by atoms with Crippen molar-refractivity contribution in [3.8, 4) is 5.69 Å². The lowest BCUT2D eigenvalue weighted by Gasteiger charge is -2.09. The lowest BCUT2D eigenvalue weighted by atomic mass is 10.1. The molecule has 1 N–H and O–H groups in total. The van der Waals surface area contributed by atoms with Crippen LogP contribution in [0.15, 0.2) is 48.5 Å². The van der Waals surface area contributed by atoms with Crippen LogP contribution in [0.25, 0.3) is 5.69 Å². The number of ether oxygens (including phenoxy) is 1. The van der Waals surface area contributed by atoms with Gasteiger partial charge in [-0.3, -0.25) is 4.79 Å². The van der Waals surface area contributed by atoms with Crippen LogP contribution in [-0.2, 0) is 4.74 Å². The van der Waals surface area contributed by atoms with Crippen molar-refractivity contribution in [3.63, 3.8) is 0 Å². The van der Waals surface area contributed by atoms with Crippen molar-refractivity contribution in [2.75, 3.05) is 11.9 Å². The van der Waals surface area contributed by atoms with Crippen molar-refractivity contribution in [1.82, 2.24) is 15.0 Å². The number of carbonyl (C=O) groups is 2. The fourth-order valence-electron chi connectivity index (χ4n) is 2.63. The summed E-state index contributed by atoms with van der Waals surface area (Å²) in [6.45, 7) is 5.75. The molecule has 1 heterocycles. The number of aromatic nitrogens is 3. The molecule has 0 aliphatic rings. The van der Waals surface area contributed by atoms with E-state index in [1.54, 1.807) is 42.8 Å². The summed E-state index contributed by atoms with van der Waals surface area (Å²) in [7, 11) is 0. The van der Waals surface area contributed by atoms with Gasteiger partial charge in [-0.15, -0.1) is 5.10 Å². The fourth-order valence-corrected chi connectivity index (χ4v) is 2.63. The van der Waals surface area contributed by atoms with Gasteiger partial charge in [0.25, 0.3) is 5.91 Å². The highest BCUT2D eigenvalue weighted by Gasteiger charge is 2.20. The molecule has 0 radical (unpaired) electrons. The Hall–Kier alpha value is -3.48. The molecule has 3 rings (SSSR count). The summed E-state index contributed by atoms with van der Waals surface area (Å²) in [6, 6.07) is 14.4. The van der Waals surface area contributed by atoms with E-state index in [2.05, 4.69) is 15.6 Å². The summed E-state index contributed by atoms with van der Waals surface area (Å²) in [5, 5.41) is 10.8. The van der Waals surface area contributed by atoms with Crippen LogP contribution in [0.3, 0.4) is 0 Å². The number of anilines is 1. The number of hydrogen-bond acceptors (Lipinski definition) is 5. The molecule has 0 fully saturated rings. The zero-order chi connectivity index (χ0) is 19.4. The molecular weight excluding hydrogens is 344 g/mol. The minimum atomic E-state index is -0.492. The van der Waals surface area contributed by atoms with Crippen LogP contribution in [0.1, 0.15) is 39.0 Å². The number of rotatable bonds is 5. The molecule has 0 unspecified atom stereocenters. The van der Waals surface area contributed by atoms with Crippen molar-refractivity contribution in [2.24, 2.45) is 0 Å². The lowest BCUT2D eigenvalue weighted by Crippen LogP contribution is -2.17. The highest BCUT2D eigenvalue weighted by Crippen LogP contribution is 2.19. The van der Waals surface area contributed by atoms with E-state index >= 15 is 0 Å². The topological polar surface area (TPSA) is 86.1 Å². The summed E-state index contributed by atoms with van der Waals surface area (Å²) in [4.78, 5) is 24.7. The third-order valence-electron chi connectivity index (χ3n) is 4.06. The van der Waals surface area contributed by atoms with Crippen molar-refractivity contribution in [3.05, 3.63) is 71.0 Å². The van der Waals surface area contributed by atoms with Crippen molar-refractivity contribution in [2.45, 2.75) is 20.8 Å². The molecule has 0 saturated heterocycles. The number of nitrogens with one attached hydrogen (secondary N) is 1. The van der Waals surface area contributed by atoms with Crippen LogP contribution >= 0.6 is 0 Å². The summed E-state index contributed by atoms with van der Waals surface area (Å²) < 4.78 is 6.63. The summed E-state index contributed by atoms with van der Waals surface area (Å²) >= 11 is 0.